The largest absolute Gasteiger partial charge is 0.385 e. The molecule has 2 fully saturated rings. The summed E-state index contributed by atoms with van der Waals surface area (Å²) in [6.45, 7) is 7.17. The Morgan fingerprint density at radius 2 is 2.00 bits per heavy atom. The van der Waals surface area contributed by atoms with Gasteiger partial charge >= 0.3 is 0 Å². The van der Waals surface area contributed by atoms with Crippen LogP contribution in [0.2, 0.25) is 0 Å². The molecule has 0 saturated carbocycles. The summed E-state index contributed by atoms with van der Waals surface area (Å²) in [6, 6.07) is 5.51. The van der Waals surface area contributed by atoms with Crippen molar-refractivity contribution in [3.8, 4) is 0 Å². The molecule has 4 rings (SSSR count). The van der Waals surface area contributed by atoms with E-state index in [-0.39, 0.29) is 11.5 Å². The van der Waals surface area contributed by atoms with Gasteiger partial charge in [-0.2, -0.15) is 0 Å². The molecule has 2 aromatic rings. The van der Waals surface area contributed by atoms with Crippen LogP contribution in [-0.4, -0.2) is 57.9 Å². The third-order valence-electron chi connectivity index (χ3n) is 5.80. The molecule has 170 valence electrons. The number of thioether (sulfide) groups is 1. The van der Waals surface area contributed by atoms with Crippen molar-refractivity contribution >= 4 is 51.7 Å². The smallest absolute Gasteiger partial charge is 0.267 e. The van der Waals surface area contributed by atoms with Crippen LogP contribution in [0, 0.1) is 11.8 Å². The van der Waals surface area contributed by atoms with Crippen LogP contribution < -0.4 is 10.5 Å². The number of carbonyl (C=O) groups is 1. The van der Waals surface area contributed by atoms with E-state index in [2.05, 4.69) is 18.7 Å². The standard InChI is InChI=1S/C23H28N4O3S2/c1-15-11-16(2)14-25(13-15)20-17(21(28)26-8-5-4-7-19(26)24-20)12-18-22(29)27(23(31)32-18)9-6-10-30-3/h4-5,7-8,12,15-16H,6,9-11,13-14H2,1-3H3/b18-12-/t15-,16-/m0/s1. The predicted octanol–water partition coefficient (Wildman–Crippen LogP) is 3.41. The molecule has 0 N–H and O–H groups in total. The van der Waals surface area contributed by atoms with Crippen LogP contribution in [0.5, 0.6) is 0 Å². The van der Waals surface area contributed by atoms with E-state index in [1.165, 1.54) is 16.2 Å². The topological polar surface area (TPSA) is 67.2 Å². The lowest BCUT2D eigenvalue weighted by molar-refractivity contribution is -0.122. The molecule has 0 unspecified atom stereocenters. The normalized spacial score (nSPS) is 23.0. The molecule has 2 aliphatic rings. The Kier molecular flexibility index (Phi) is 6.97. The average molecular weight is 473 g/mol. The Labute approximate surface area is 197 Å². The maximum absolute atomic E-state index is 13.5. The molecule has 2 aromatic heterocycles. The number of amides is 1. The SMILES string of the molecule is COCCCN1C(=O)/C(=C/c2c(N3C[C@@H](C)C[C@H](C)C3)nc3ccccn3c2=O)SC1=S. The summed E-state index contributed by atoms with van der Waals surface area (Å²) in [5, 5.41) is 0. The van der Waals surface area contributed by atoms with Gasteiger partial charge in [-0.15, -0.1) is 0 Å². The number of rotatable bonds is 6. The summed E-state index contributed by atoms with van der Waals surface area (Å²) in [4.78, 5) is 35.6. The van der Waals surface area contributed by atoms with E-state index < -0.39 is 0 Å². The summed E-state index contributed by atoms with van der Waals surface area (Å²) >= 11 is 6.68. The molecule has 4 heterocycles. The molecule has 0 aromatic carbocycles. The average Bonchev–Trinajstić information content (AvgIpc) is 3.02. The van der Waals surface area contributed by atoms with Gasteiger partial charge in [0.05, 0.1) is 10.5 Å². The van der Waals surface area contributed by atoms with Gasteiger partial charge in [-0.1, -0.05) is 43.9 Å². The highest BCUT2D eigenvalue weighted by atomic mass is 32.2. The second-order valence-electron chi connectivity index (χ2n) is 8.61. The molecule has 2 atom stereocenters. The van der Waals surface area contributed by atoms with Gasteiger partial charge in [0.2, 0.25) is 0 Å². The van der Waals surface area contributed by atoms with E-state index in [9.17, 15) is 9.59 Å². The summed E-state index contributed by atoms with van der Waals surface area (Å²) < 4.78 is 7.13. The first-order valence-corrected chi connectivity index (χ1v) is 12.1. The van der Waals surface area contributed by atoms with Crippen molar-refractivity contribution in [2.45, 2.75) is 26.7 Å². The van der Waals surface area contributed by atoms with E-state index in [1.54, 1.807) is 30.3 Å². The van der Waals surface area contributed by atoms with Gasteiger partial charge in [0.15, 0.2) is 0 Å². The van der Waals surface area contributed by atoms with Crippen molar-refractivity contribution in [1.82, 2.24) is 14.3 Å². The quantitative estimate of drug-likeness (QED) is 0.363. The van der Waals surface area contributed by atoms with Crippen LogP contribution in [0.15, 0.2) is 34.1 Å². The highest BCUT2D eigenvalue weighted by molar-refractivity contribution is 8.26. The van der Waals surface area contributed by atoms with Crippen LogP contribution in [0.4, 0.5) is 5.82 Å². The minimum absolute atomic E-state index is 0.167. The van der Waals surface area contributed by atoms with Crippen molar-refractivity contribution in [2.24, 2.45) is 11.8 Å². The van der Waals surface area contributed by atoms with E-state index in [0.717, 1.165) is 19.5 Å². The molecule has 0 spiro atoms. The lowest BCUT2D eigenvalue weighted by Gasteiger charge is -2.36. The summed E-state index contributed by atoms with van der Waals surface area (Å²) in [5.74, 6) is 1.48. The van der Waals surface area contributed by atoms with E-state index in [0.29, 0.717) is 57.7 Å². The number of carbonyl (C=O) groups excluding carboxylic acids is 1. The molecule has 7 nitrogen and oxygen atoms in total. The molecular formula is C23H28N4O3S2. The molecule has 2 saturated heterocycles. The number of anilines is 1. The van der Waals surface area contributed by atoms with Gasteiger partial charge in [-0.3, -0.25) is 18.9 Å². The number of aromatic nitrogens is 2. The molecule has 32 heavy (non-hydrogen) atoms. The third-order valence-corrected chi connectivity index (χ3v) is 7.17. The lowest BCUT2D eigenvalue weighted by Crippen LogP contribution is -2.40. The summed E-state index contributed by atoms with van der Waals surface area (Å²) in [6.07, 6.45) is 5.25. The molecule has 1 amide bonds. The molecule has 0 radical (unpaired) electrons. The van der Waals surface area contributed by atoms with Crippen molar-refractivity contribution in [3.63, 3.8) is 0 Å². The zero-order valence-corrected chi connectivity index (χ0v) is 20.2. The van der Waals surface area contributed by atoms with Gasteiger partial charge in [0.25, 0.3) is 11.5 Å². The number of nitrogens with zero attached hydrogens (tertiary/aromatic N) is 4. The number of pyridine rings is 1. The fourth-order valence-electron chi connectivity index (χ4n) is 4.49. The zero-order valence-electron chi connectivity index (χ0n) is 18.6. The van der Waals surface area contributed by atoms with E-state index >= 15 is 0 Å². The van der Waals surface area contributed by atoms with Gasteiger partial charge in [0, 0.05) is 39.5 Å². The minimum Gasteiger partial charge on any atom is -0.385 e. The Balaban J connectivity index is 1.77. The second-order valence-corrected chi connectivity index (χ2v) is 10.3. The second kappa shape index (κ2) is 9.72. The number of piperidine rings is 1. The first-order valence-electron chi connectivity index (χ1n) is 10.9. The Morgan fingerprint density at radius 3 is 2.72 bits per heavy atom. The third kappa shape index (κ3) is 4.60. The zero-order chi connectivity index (χ0) is 22.8. The van der Waals surface area contributed by atoms with Crippen LogP contribution >= 0.6 is 24.0 Å². The molecule has 0 bridgehead atoms. The fraction of sp³-hybridized carbons (Fsp3) is 0.478. The highest BCUT2D eigenvalue weighted by Crippen LogP contribution is 2.34. The Bertz CT molecular complexity index is 1120. The number of methoxy groups -OCH3 is 1. The van der Waals surface area contributed by atoms with Gasteiger partial charge in [-0.05, 0) is 42.9 Å². The number of thiocarbonyl (C=S) groups is 1. The van der Waals surface area contributed by atoms with Crippen LogP contribution in [0.25, 0.3) is 11.7 Å². The van der Waals surface area contributed by atoms with Crippen molar-refractivity contribution in [1.29, 1.82) is 0 Å². The van der Waals surface area contributed by atoms with Crippen LogP contribution in [-0.2, 0) is 9.53 Å². The predicted molar refractivity (Wildman–Crippen MR) is 133 cm³/mol. The first-order chi connectivity index (χ1) is 15.4. The van der Waals surface area contributed by atoms with E-state index in [4.69, 9.17) is 21.9 Å². The monoisotopic (exact) mass is 472 g/mol. The van der Waals surface area contributed by atoms with Gasteiger partial charge in [0.1, 0.15) is 15.8 Å². The molecule has 9 heteroatoms. The Hall–Kier alpha value is -2.23. The van der Waals surface area contributed by atoms with Crippen molar-refractivity contribution < 1.29 is 9.53 Å². The fourth-order valence-corrected chi connectivity index (χ4v) is 5.78. The maximum atomic E-state index is 13.5. The van der Waals surface area contributed by atoms with Gasteiger partial charge in [-0.25, -0.2) is 4.98 Å². The number of ether oxygens (including phenoxy) is 1. The summed E-state index contributed by atoms with van der Waals surface area (Å²) in [7, 11) is 1.63. The van der Waals surface area contributed by atoms with Crippen molar-refractivity contribution in [3.05, 3.63) is 45.2 Å². The number of hydrogen-bond donors (Lipinski definition) is 0. The minimum atomic E-state index is -0.180. The molecule has 2 aliphatic heterocycles. The molecular weight excluding hydrogens is 444 g/mol. The van der Waals surface area contributed by atoms with Crippen LogP contribution in [0.1, 0.15) is 32.3 Å². The van der Waals surface area contributed by atoms with Crippen molar-refractivity contribution in [2.75, 3.05) is 38.3 Å². The summed E-state index contributed by atoms with van der Waals surface area (Å²) in [5.41, 5.74) is 0.858. The molecule has 0 aliphatic carbocycles. The number of fused-ring (bicyclic) bond motifs is 1. The maximum Gasteiger partial charge on any atom is 0.267 e. The van der Waals surface area contributed by atoms with Gasteiger partial charge < -0.3 is 9.64 Å². The van der Waals surface area contributed by atoms with E-state index in [1.807, 2.05) is 12.1 Å². The first kappa shape index (κ1) is 22.9. The Morgan fingerprint density at radius 1 is 1.25 bits per heavy atom. The number of hydrogen-bond acceptors (Lipinski definition) is 7. The van der Waals surface area contributed by atoms with Crippen LogP contribution in [0.3, 0.4) is 0 Å². The highest BCUT2D eigenvalue weighted by Gasteiger charge is 2.33. The lowest BCUT2D eigenvalue weighted by atomic mass is 9.91.